The van der Waals surface area contributed by atoms with Crippen LogP contribution >= 0.6 is 0 Å². The van der Waals surface area contributed by atoms with E-state index in [4.69, 9.17) is 9.16 Å². The number of carbonyl (C=O) groups is 2. The van der Waals surface area contributed by atoms with Crippen molar-refractivity contribution in [2.75, 3.05) is 6.54 Å². The number of hydrogen-bond donors (Lipinski definition) is 1. The molecule has 0 aliphatic heterocycles. The van der Waals surface area contributed by atoms with E-state index in [0.717, 1.165) is 11.1 Å². The van der Waals surface area contributed by atoms with E-state index in [0.29, 0.717) is 19.4 Å². The second-order valence-corrected chi connectivity index (χ2v) is 16.9. The normalized spacial score (nSPS) is 14.1. The number of aromatic carboxylic acids is 1. The van der Waals surface area contributed by atoms with E-state index < -0.39 is 19.9 Å². The molecule has 0 aromatic heterocycles. The van der Waals surface area contributed by atoms with Crippen molar-refractivity contribution in [2.24, 2.45) is 0 Å². The van der Waals surface area contributed by atoms with Crippen LogP contribution in [-0.2, 0) is 15.6 Å². The number of ether oxygens (including phenoxy) is 1. The third kappa shape index (κ3) is 9.00. The molecule has 0 aliphatic rings. The minimum atomic E-state index is -2.17. The van der Waals surface area contributed by atoms with Crippen LogP contribution in [0.2, 0.25) is 18.1 Å². The molecule has 6 nitrogen and oxygen atoms in total. The fourth-order valence-electron chi connectivity index (χ4n) is 3.81. The van der Waals surface area contributed by atoms with Crippen molar-refractivity contribution in [1.29, 1.82) is 0 Å². The van der Waals surface area contributed by atoms with Gasteiger partial charge < -0.3 is 19.2 Å². The lowest BCUT2D eigenvalue weighted by molar-refractivity contribution is 0.00439. The van der Waals surface area contributed by atoms with Crippen molar-refractivity contribution in [3.63, 3.8) is 0 Å². The summed E-state index contributed by atoms with van der Waals surface area (Å²) >= 11 is 0. The van der Waals surface area contributed by atoms with Crippen LogP contribution in [0.15, 0.2) is 54.6 Å². The first kappa shape index (κ1) is 30.6. The molecule has 2 atom stereocenters. The zero-order chi connectivity index (χ0) is 28.0. The van der Waals surface area contributed by atoms with Crippen LogP contribution in [0.3, 0.4) is 0 Å². The number of carboxylic acid groups (broad SMARTS) is 1. The average Bonchev–Trinajstić information content (AvgIpc) is 2.79. The van der Waals surface area contributed by atoms with Gasteiger partial charge in [-0.15, -0.1) is 0 Å². The fourth-order valence-corrected chi connectivity index (χ4v) is 5.09. The van der Waals surface area contributed by atoms with Crippen LogP contribution in [0.4, 0.5) is 4.79 Å². The quantitative estimate of drug-likeness (QED) is 0.320. The van der Waals surface area contributed by atoms with Crippen LogP contribution < -0.4 is 0 Å². The number of carbonyl (C=O) groups excluding carboxylic acids is 1. The largest absolute Gasteiger partial charge is 0.478 e. The van der Waals surface area contributed by atoms with E-state index in [1.165, 1.54) is 0 Å². The molecule has 0 aliphatic carbocycles. The van der Waals surface area contributed by atoms with Crippen molar-refractivity contribution in [3.05, 3.63) is 71.3 Å². The molecule has 0 bridgehead atoms. The highest BCUT2D eigenvalue weighted by molar-refractivity contribution is 6.74. The van der Waals surface area contributed by atoms with Crippen molar-refractivity contribution in [3.8, 4) is 0 Å². The number of carboxylic acids is 1. The zero-order valence-corrected chi connectivity index (χ0v) is 25.0. The minimum absolute atomic E-state index is 0.00677. The highest BCUT2D eigenvalue weighted by Gasteiger charge is 2.41. The number of hydrogen-bond acceptors (Lipinski definition) is 4. The number of benzene rings is 2. The van der Waals surface area contributed by atoms with Gasteiger partial charge in [-0.2, -0.15) is 0 Å². The number of rotatable bonds is 10. The van der Waals surface area contributed by atoms with Gasteiger partial charge in [0.2, 0.25) is 0 Å². The van der Waals surface area contributed by atoms with Crippen LogP contribution in [0, 0.1) is 0 Å². The summed E-state index contributed by atoms with van der Waals surface area (Å²) in [5, 5.41) is 9.26. The summed E-state index contributed by atoms with van der Waals surface area (Å²) < 4.78 is 12.8. The molecule has 37 heavy (non-hydrogen) atoms. The summed E-state index contributed by atoms with van der Waals surface area (Å²) in [4.78, 5) is 26.7. The Balaban J connectivity index is 2.46. The highest BCUT2D eigenvalue weighted by Crippen LogP contribution is 2.40. The molecule has 2 aromatic carbocycles. The molecule has 0 spiro atoms. The Morgan fingerprint density at radius 3 is 1.97 bits per heavy atom. The lowest BCUT2D eigenvalue weighted by Crippen LogP contribution is -2.49. The Bertz CT molecular complexity index is 1020. The lowest BCUT2D eigenvalue weighted by atomic mass is 10.00. The average molecular weight is 528 g/mol. The standard InChI is InChI=1S/C30H45NO5Si/c1-10-25(20-22-16-18-24(19-17-22)27(32)33)31(28(34)35-29(2,3)4)21-26(23-14-12-11-13-15-23)36-37(8,9)30(5,6)7/h11-19,25-26H,10,20-21H2,1-9H3,(H,32,33)/t25-,26-/m0/s1. The molecule has 0 saturated carbocycles. The van der Waals surface area contributed by atoms with Gasteiger partial charge in [0.1, 0.15) is 5.60 Å². The molecule has 0 fully saturated rings. The van der Waals surface area contributed by atoms with Gasteiger partial charge in [-0.3, -0.25) is 0 Å². The molecule has 1 amide bonds. The Hall–Kier alpha value is -2.64. The zero-order valence-electron chi connectivity index (χ0n) is 24.0. The summed E-state index contributed by atoms with van der Waals surface area (Å²) in [6.45, 7) is 19.1. The van der Waals surface area contributed by atoms with Crippen LogP contribution in [-0.4, -0.2) is 48.6 Å². The van der Waals surface area contributed by atoms with Gasteiger partial charge in [0.25, 0.3) is 0 Å². The molecule has 1 N–H and O–H groups in total. The van der Waals surface area contributed by atoms with Gasteiger partial charge in [0.15, 0.2) is 8.32 Å². The first-order chi connectivity index (χ1) is 17.0. The highest BCUT2D eigenvalue weighted by atomic mass is 28.4. The molecule has 204 valence electrons. The third-order valence-electron chi connectivity index (χ3n) is 6.99. The Kier molecular flexibility index (Phi) is 10.1. The van der Waals surface area contributed by atoms with E-state index in [9.17, 15) is 14.7 Å². The maximum Gasteiger partial charge on any atom is 0.410 e. The predicted octanol–water partition coefficient (Wildman–Crippen LogP) is 7.71. The van der Waals surface area contributed by atoms with Gasteiger partial charge in [-0.05, 0) is 75.0 Å². The predicted molar refractivity (Wildman–Crippen MR) is 152 cm³/mol. The van der Waals surface area contributed by atoms with E-state index in [-0.39, 0.29) is 28.8 Å². The minimum Gasteiger partial charge on any atom is -0.478 e. The van der Waals surface area contributed by atoms with Crippen LogP contribution in [0.1, 0.15) is 82.5 Å². The second kappa shape index (κ2) is 12.3. The van der Waals surface area contributed by atoms with Crippen molar-refractivity contribution >= 4 is 20.4 Å². The maximum atomic E-state index is 13.6. The molecular formula is C30H45NO5Si. The van der Waals surface area contributed by atoms with E-state index >= 15 is 0 Å². The maximum absolute atomic E-state index is 13.6. The summed E-state index contributed by atoms with van der Waals surface area (Å²) in [6, 6.07) is 16.8. The molecule has 7 heteroatoms. The summed E-state index contributed by atoms with van der Waals surface area (Å²) in [7, 11) is -2.17. The fraction of sp³-hybridized carbons (Fsp3) is 0.533. The van der Waals surface area contributed by atoms with Crippen molar-refractivity contribution < 1.29 is 23.9 Å². The van der Waals surface area contributed by atoms with E-state index in [1.54, 1.807) is 17.0 Å². The summed E-state index contributed by atoms with van der Waals surface area (Å²) in [6.07, 6.45) is 0.609. The van der Waals surface area contributed by atoms with Gasteiger partial charge in [-0.1, -0.05) is 70.2 Å². The van der Waals surface area contributed by atoms with Crippen LogP contribution in [0.5, 0.6) is 0 Å². The number of amides is 1. The lowest BCUT2D eigenvalue weighted by Gasteiger charge is -2.42. The molecule has 2 rings (SSSR count). The Morgan fingerprint density at radius 2 is 1.51 bits per heavy atom. The van der Waals surface area contributed by atoms with Crippen molar-refractivity contribution in [2.45, 2.75) is 97.2 Å². The van der Waals surface area contributed by atoms with Crippen LogP contribution in [0.25, 0.3) is 0 Å². The van der Waals surface area contributed by atoms with Gasteiger partial charge in [-0.25, -0.2) is 9.59 Å². The van der Waals surface area contributed by atoms with Gasteiger partial charge in [0, 0.05) is 6.04 Å². The van der Waals surface area contributed by atoms with Crippen molar-refractivity contribution in [1.82, 2.24) is 4.90 Å². The second-order valence-electron chi connectivity index (χ2n) is 12.2. The monoisotopic (exact) mass is 527 g/mol. The molecular weight excluding hydrogens is 482 g/mol. The van der Waals surface area contributed by atoms with Gasteiger partial charge in [0.05, 0.1) is 18.2 Å². The smallest absolute Gasteiger partial charge is 0.410 e. The molecule has 0 saturated heterocycles. The molecule has 0 radical (unpaired) electrons. The molecule has 0 heterocycles. The summed E-state index contributed by atoms with van der Waals surface area (Å²) in [5.41, 5.74) is 1.60. The molecule has 0 unspecified atom stereocenters. The Morgan fingerprint density at radius 1 is 0.946 bits per heavy atom. The van der Waals surface area contributed by atoms with Gasteiger partial charge >= 0.3 is 12.1 Å². The Labute approximate surface area is 224 Å². The SMILES string of the molecule is CC[C@@H](Cc1ccc(C(=O)O)cc1)N(C[C@H](O[Si](C)(C)C(C)(C)C)c1ccccc1)C(=O)OC(C)(C)C. The van der Waals surface area contributed by atoms with E-state index in [2.05, 4.69) is 52.9 Å². The third-order valence-corrected chi connectivity index (χ3v) is 11.5. The summed E-state index contributed by atoms with van der Waals surface area (Å²) in [5.74, 6) is -0.956. The first-order valence-electron chi connectivity index (χ1n) is 13.1. The molecule has 2 aromatic rings. The topological polar surface area (TPSA) is 76.1 Å². The number of nitrogens with zero attached hydrogens (tertiary/aromatic N) is 1. The van der Waals surface area contributed by atoms with E-state index in [1.807, 2.05) is 51.1 Å². The first-order valence-corrected chi connectivity index (χ1v) is 16.0.